The number of carbonyl (C=O) groups excluding carboxylic acids is 1. The minimum absolute atomic E-state index is 0.0366. The number of ether oxygens (including phenoxy) is 2. The van der Waals surface area contributed by atoms with Crippen molar-refractivity contribution >= 4 is 23.2 Å². The summed E-state index contributed by atoms with van der Waals surface area (Å²) in [5, 5.41) is 3.80. The highest BCUT2D eigenvalue weighted by molar-refractivity contribution is 6.30. The third kappa shape index (κ3) is 6.01. The van der Waals surface area contributed by atoms with E-state index >= 15 is 0 Å². The van der Waals surface area contributed by atoms with Crippen LogP contribution >= 0.6 is 11.6 Å². The Balaban J connectivity index is 1.42. The van der Waals surface area contributed by atoms with Crippen LogP contribution in [0.4, 0.5) is 0 Å². The summed E-state index contributed by atoms with van der Waals surface area (Å²) in [4.78, 5) is 20.1. The molecule has 1 saturated heterocycles. The van der Waals surface area contributed by atoms with Crippen LogP contribution in [0.15, 0.2) is 60.8 Å². The lowest BCUT2D eigenvalue weighted by Crippen LogP contribution is -2.41. The first-order valence-corrected chi connectivity index (χ1v) is 13.4. The number of amides is 1. The molecule has 0 bridgehead atoms. The lowest BCUT2D eigenvalue weighted by Gasteiger charge is -2.26. The highest BCUT2D eigenvalue weighted by Crippen LogP contribution is 2.31. The first-order chi connectivity index (χ1) is 18.5. The quantitative estimate of drug-likeness (QED) is 0.328. The number of hydrogen-bond acceptors (Lipinski definition) is 5. The summed E-state index contributed by atoms with van der Waals surface area (Å²) in [7, 11) is 1.66. The molecule has 0 spiro atoms. The predicted octanol–water partition coefficient (Wildman–Crippen LogP) is 5.02. The van der Waals surface area contributed by atoms with E-state index in [4.69, 9.17) is 26.1 Å². The molecule has 1 N–H and O–H groups in total. The zero-order valence-electron chi connectivity index (χ0n) is 21.9. The van der Waals surface area contributed by atoms with Gasteiger partial charge in [0.15, 0.2) is 0 Å². The number of halogens is 1. The molecule has 1 fully saturated rings. The van der Waals surface area contributed by atoms with Gasteiger partial charge in [0.25, 0.3) is 0 Å². The van der Waals surface area contributed by atoms with Crippen LogP contribution < -0.4 is 10.1 Å². The van der Waals surface area contributed by atoms with E-state index < -0.39 is 0 Å². The summed E-state index contributed by atoms with van der Waals surface area (Å²) < 4.78 is 13.0. The summed E-state index contributed by atoms with van der Waals surface area (Å²) in [5.41, 5.74) is 6.92. The molecule has 8 heteroatoms. The molecule has 4 aromatic rings. The number of pyridine rings is 1. The van der Waals surface area contributed by atoms with Gasteiger partial charge in [-0.25, -0.2) is 4.98 Å². The van der Waals surface area contributed by atoms with E-state index in [9.17, 15) is 4.79 Å². The van der Waals surface area contributed by atoms with E-state index in [0.717, 1.165) is 82.9 Å². The van der Waals surface area contributed by atoms with Crippen LogP contribution in [0.3, 0.4) is 0 Å². The number of nitrogens with zero attached hydrogens (tertiary/aromatic N) is 3. The molecule has 2 aromatic carbocycles. The van der Waals surface area contributed by atoms with E-state index in [1.807, 2.05) is 48.5 Å². The molecule has 3 heterocycles. The number of nitrogens with one attached hydrogen (secondary N) is 1. The van der Waals surface area contributed by atoms with E-state index in [1.165, 1.54) is 0 Å². The van der Waals surface area contributed by atoms with Crippen LogP contribution in [-0.4, -0.2) is 66.7 Å². The van der Waals surface area contributed by atoms with Crippen molar-refractivity contribution in [3.63, 3.8) is 0 Å². The van der Waals surface area contributed by atoms with Crippen molar-refractivity contribution < 1.29 is 14.3 Å². The minimum Gasteiger partial charge on any atom is -0.497 e. The molecule has 1 amide bonds. The standard InChI is InChI=1S/C30H33ClN4O3/c1-21-18-24(31)7-8-26(21)23-6-10-28-33-30(22-4-3-5-25(19-22)37-2)27(35(28)20-23)9-11-29(36)32-12-13-34-14-16-38-17-15-34/h3-8,10,18-20H,9,11-17H2,1-2H3,(H,32,36). The predicted molar refractivity (Wildman–Crippen MR) is 151 cm³/mol. The molecule has 38 heavy (non-hydrogen) atoms. The third-order valence-corrected chi connectivity index (χ3v) is 7.24. The number of rotatable bonds is 9. The van der Waals surface area contributed by atoms with Gasteiger partial charge in [-0.3, -0.25) is 9.69 Å². The Bertz CT molecular complexity index is 1430. The van der Waals surface area contributed by atoms with Gasteiger partial charge in [-0.05, 0) is 66.4 Å². The van der Waals surface area contributed by atoms with E-state index in [0.29, 0.717) is 19.4 Å². The lowest BCUT2D eigenvalue weighted by molar-refractivity contribution is -0.121. The average Bonchev–Trinajstić information content (AvgIpc) is 3.30. The molecule has 0 atom stereocenters. The Morgan fingerprint density at radius 3 is 2.74 bits per heavy atom. The molecule has 0 radical (unpaired) electrons. The molecular formula is C30H33ClN4O3. The topological polar surface area (TPSA) is 68.1 Å². The number of benzene rings is 2. The first-order valence-electron chi connectivity index (χ1n) is 13.0. The summed E-state index contributed by atoms with van der Waals surface area (Å²) >= 11 is 6.20. The fraction of sp³-hybridized carbons (Fsp3) is 0.333. The number of hydrogen-bond donors (Lipinski definition) is 1. The highest BCUT2D eigenvalue weighted by atomic mass is 35.5. The van der Waals surface area contributed by atoms with Gasteiger partial charge in [-0.2, -0.15) is 0 Å². The molecule has 5 rings (SSSR count). The number of fused-ring (bicyclic) bond motifs is 1. The maximum Gasteiger partial charge on any atom is 0.220 e. The van der Waals surface area contributed by atoms with Gasteiger partial charge >= 0.3 is 0 Å². The van der Waals surface area contributed by atoms with E-state index in [-0.39, 0.29) is 5.91 Å². The molecule has 1 aliphatic rings. The zero-order valence-corrected chi connectivity index (χ0v) is 22.6. The number of aromatic nitrogens is 2. The van der Waals surface area contributed by atoms with Crippen molar-refractivity contribution in [3.8, 4) is 28.1 Å². The summed E-state index contributed by atoms with van der Waals surface area (Å²) in [6.45, 7) is 6.87. The second-order valence-corrected chi connectivity index (χ2v) is 9.98. The molecular weight excluding hydrogens is 500 g/mol. The van der Waals surface area contributed by atoms with Crippen LogP contribution in [0, 0.1) is 6.92 Å². The van der Waals surface area contributed by atoms with Crippen molar-refractivity contribution in [1.82, 2.24) is 19.6 Å². The van der Waals surface area contributed by atoms with Gasteiger partial charge in [-0.1, -0.05) is 29.8 Å². The SMILES string of the molecule is COc1cccc(-c2nc3ccc(-c4ccc(Cl)cc4C)cn3c2CCC(=O)NCCN2CCOCC2)c1. The van der Waals surface area contributed by atoms with E-state index in [2.05, 4.69) is 33.8 Å². The molecule has 198 valence electrons. The number of methoxy groups -OCH3 is 1. The number of carbonyl (C=O) groups is 1. The van der Waals surface area contributed by atoms with Gasteiger partial charge < -0.3 is 19.2 Å². The Morgan fingerprint density at radius 2 is 1.95 bits per heavy atom. The Kier molecular flexibility index (Phi) is 8.27. The van der Waals surface area contributed by atoms with Crippen LogP contribution in [0.2, 0.25) is 5.02 Å². The molecule has 2 aromatic heterocycles. The largest absolute Gasteiger partial charge is 0.497 e. The van der Waals surface area contributed by atoms with Gasteiger partial charge in [-0.15, -0.1) is 0 Å². The van der Waals surface area contributed by atoms with Gasteiger partial charge in [0.2, 0.25) is 5.91 Å². The smallest absolute Gasteiger partial charge is 0.220 e. The zero-order chi connectivity index (χ0) is 26.5. The Morgan fingerprint density at radius 1 is 1.11 bits per heavy atom. The lowest BCUT2D eigenvalue weighted by atomic mass is 10.0. The Hall–Kier alpha value is -3.39. The molecule has 7 nitrogen and oxygen atoms in total. The fourth-order valence-electron chi connectivity index (χ4n) is 4.94. The first kappa shape index (κ1) is 26.2. The average molecular weight is 533 g/mol. The fourth-order valence-corrected chi connectivity index (χ4v) is 5.17. The third-order valence-electron chi connectivity index (χ3n) is 7.00. The van der Waals surface area contributed by atoms with Gasteiger partial charge in [0, 0.05) is 49.4 Å². The number of aryl methyl sites for hydroxylation is 2. The summed E-state index contributed by atoms with van der Waals surface area (Å²) in [5.74, 6) is 0.804. The van der Waals surface area contributed by atoms with Gasteiger partial charge in [0.1, 0.15) is 11.4 Å². The molecule has 0 saturated carbocycles. The van der Waals surface area contributed by atoms with Crippen molar-refractivity contribution in [1.29, 1.82) is 0 Å². The maximum atomic E-state index is 12.8. The van der Waals surface area contributed by atoms with Crippen LogP contribution in [0.5, 0.6) is 5.75 Å². The summed E-state index contributed by atoms with van der Waals surface area (Å²) in [6, 6.07) is 17.9. The monoisotopic (exact) mass is 532 g/mol. The number of morpholine rings is 1. The summed E-state index contributed by atoms with van der Waals surface area (Å²) in [6.07, 6.45) is 3.03. The van der Waals surface area contributed by atoms with E-state index in [1.54, 1.807) is 7.11 Å². The minimum atomic E-state index is 0.0366. The molecule has 0 unspecified atom stereocenters. The second-order valence-electron chi connectivity index (χ2n) is 9.55. The van der Waals surface area contributed by atoms with Crippen LogP contribution in [0.25, 0.3) is 28.0 Å². The normalized spacial score (nSPS) is 14.1. The molecule has 0 aliphatic carbocycles. The van der Waals surface area contributed by atoms with Gasteiger partial charge in [0.05, 0.1) is 31.7 Å². The Labute approximate surface area is 228 Å². The van der Waals surface area contributed by atoms with Crippen molar-refractivity contribution in [3.05, 3.63) is 77.1 Å². The van der Waals surface area contributed by atoms with Crippen LogP contribution in [0.1, 0.15) is 17.7 Å². The highest BCUT2D eigenvalue weighted by Gasteiger charge is 2.18. The second kappa shape index (κ2) is 12.0. The molecule has 1 aliphatic heterocycles. The number of imidazole rings is 1. The van der Waals surface area contributed by atoms with Crippen molar-refractivity contribution in [2.24, 2.45) is 0 Å². The van der Waals surface area contributed by atoms with Crippen LogP contribution in [-0.2, 0) is 16.0 Å². The van der Waals surface area contributed by atoms with Crippen molar-refractivity contribution in [2.75, 3.05) is 46.5 Å². The van der Waals surface area contributed by atoms with Crippen molar-refractivity contribution in [2.45, 2.75) is 19.8 Å². The maximum absolute atomic E-state index is 12.8.